The van der Waals surface area contributed by atoms with Crippen molar-refractivity contribution >= 4 is 17.4 Å². The standard InChI is InChI=1S/C31H34N2O6/c1-4-7-18-39-25-13-10-23(19-26(25)38-6-3)28-27(29(34)22-8-11-24(12-9-22)37-5-2)30(35)31(36)33(28)20-21-14-16-32-17-15-21/h8-17,19,28,34H,4-7,18,20H2,1-3H3. The number of benzene rings is 2. The zero-order chi connectivity index (χ0) is 27.8. The monoisotopic (exact) mass is 530 g/mol. The number of ether oxygens (including phenoxy) is 3. The Labute approximate surface area is 228 Å². The van der Waals surface area contributed by atoms with E-state index in [0.717, 1.165) is 18.4 Å². The van der Waals surface area contributed by atoms with E-state index in [1.54, 1.807) is 60.9 Å². The Balaban J connectivity index is 1.82. The van der Waals surface area contributed by atoms with Gasteiger partial charge in [0.05, 0.1) is 31.4 Å². The van der Waals surface area contributed by atoms with Gasteiger partial charge in [0.1, 0.15) is 11.5 Å². The molecular formula is C31H34N2O6. The number of aliphatic hydroxyl groups excluding tert-OH is 1. The van der Waals surface area contributed by atoms with Crippen LogP contribution in [-0.2, 0) is 16.1 Å². The summed E-state index contributed by atoms with van der Waals surface area (Å²) < 4.78 is 17.3. The fraction of sp³-hybridized carbons (Fsp3) is 0.323. The second-order valence-electron chi connectivity index (χ2n) is 9.08. The average Bonchev–Trinajstić information content (AvgIpc) is 3.20. The van der Waals surface area contributed by atoms with E-state index in [0.29, 0.717) is 48.2 Å². The molecule has 0 saturated carbocycles. The molecule has 0 aliphatic carbocycles. The second kappa shape index (κ2) is 13.0. The lowest BCUT2D eigenvalue weighted by Crippen LogP contribution is -2.29. The summed E-state index contributed by atoms with van der Waals surface area (Å²) in [6, 6.07) is 14.9. The number of hydrogen-bond donors (Lipinski definition) is 1. The van der Waals surface area contributed by atoms with Gasteiger partial charge in [0.25, 0.3) is 11.7 Å². The van der Waals surface area contributed by atoms with Crippen LogP contribution in [0.5, 0.6) is 17.2 Å². The third-order valence-corrected chi connectivity index (χ3v) is 6.42. The molecule has 4 rings (SSSR count). The van der Waals surface area contributed by atoms with Crippen molar-refractivity contribution in [3.05, 3.63) is 89.3 Å². The highest BCUT2D eigenvalue weighted by atomic mass is 16.5. The van der Waals surface area contributed by atoms with E-state index in [2.05, 4.69) is 11.9 Å². The number of pyridine rings is 1. The van der Waals surface area contributed by atoms with Gasteiger partial charge >= 0.3 is 0 Å². The maximum atomic E-state index is 13.4. The molecule has 3 aromatic rings. The molecule has 1 saturated heterocycles. The first-order chi connectivity index (χ1) is 19.0. The average molecular weight is 531 g/mol. The Morgan fingerprint density at radius 2 is 1.62 bits per heavy atom. The highest BCUT2D eigenvalue weighted by molar-refractivity contribution is 6.46. The zero-order valence-corrected chi connectivity index (χ0v) is 22.6. The molecule has 1 fully saturated rings. The highest BCUT2D eigenvalue weighted by Crippen LogP contribution is 2.43. The molecule has 0 radical (unpaired) electrons. The first-order valence-electron chi connectivity index (χ1n) is 13.3. The molecule has 8 heteroatoms. The summed E-state index contributed by atoms with van der Waals surface area (Å²) in [5.74, 6) is 0.0594. The molecule has 1 N–H and O–H groups in total. The van der Waals surface area contributed by atoms with Crippen LogP contribution in [0.3, 0.4) is 0 Å². The molecule has 2 heterocycles. The number of Topliss-reactive ketones (excluding diaryl/α,β-unsaturated/α-hetero) is 1. The Bertz CT molecular complexity index is 1320. The Hall–Kier alpha value is -4.33. The van der Waals surface area contributed by atoms with E-state index in [1.165, 1.54) is 4.90 Å². The van der Waals surface area contributed by atoms with Crippen molar-refractivity contribution in [1.29, 1.82) is 0 Å². The Kier molecular flexibility index (Phi) is 9.20. The van der Waals surface area contributed by atoms with Gasteiger partial charge in [0.15, 0.2) is 11.5 Å². The van der Waals surface area contributed by atoms with Crippen LogP contribution < -0.4 is 14.2 Å². The summed E-state index contributed by atoms with van der Waals surface area (Å²) in [7, 11) is 0. The predicted molar refractivity (Wildman–Crippen MR) is 148 cm³/mol. The summed E-state index contributed by atoms with van der Waals surface area (Å²) in [4.78, 5) is 32.3. The molecule has 1 aromatic heterocycles. The SMILES string of the molecule is CCCCOc1ccc(C2C(=C(O)c3ccc(OCC)cc3)C(=O)C(=O)N2Cc2ccncc2)cc1OCC. The smallest absolute Gasteiger partial charge is 0.295 e. The number of rotatable bonds is 12. The van der Waals surface area contributed by atoms with Crippen molar-refractivity contribution in [3.8, 4) is 17.2 Å². The minimum absolute atomic E-state index is 0.0142. The van der Waals surface area contributed by atoms with Crippen LogP contribution in [0.15, 0.2) is 72.6 Å². The van der Waals surface area contributed by atoms with Crippen LogP contribution in [0.4, 0.5) is 0 Å². The largest absolute Gasteiger partial charge is 0.507 e. The fourth-order valence-electron chi connectivity index (χ4n) is 4.51. The zero-order valence-electron chi connectivity index (χ0n) is 22.6. The summed E-state index contributed by atoms with van der Waals surface area (Å²) in [5.41, 5.74) is 1.86. The number of carbonyl (C=O) groups is 2. The van der Waals surface area contributed by atoms with Crippen molar-refractivity contribution in [1.82, 2.24) is 9.88 Å². The van der Waals surface area contributed by atoms with Crippen molar-refractivity contribution in [2.75, 3.05) is 19.8 Å². The number of nitrogens with zero attached hydrogens (tertiary/aromatic N) is 2. The Morgan fingerprint density at radius 1 is 0.897 bits per heavy atom. The van der Waals surface area contributed by atoms with Gasteiger partial charge in [-0.1, -0.05) is 19.4 Å². The molecule has 39 heavy (non-hydrogen) atoms. The maximum Gasteiger partial charge on any atom is 0.295 e. The van der Waals surface area contributed by atoms with Crippen LogP contribution in [0.1, 0.15) is 56.3 Å². The quantitative estimate of drug-likeness (QED) is 0.139. The normalized spacial score (nSPS) is 16.4. The molecule has 8 nitrogen and oxygen atoms in total. The molecule has 0 spiro atoms. The summed E-state index contributed by atoms with van der Waals surface area (Å²) in [6.07, 6.45) is 5.17. The molecule has 1 atom stereocenters. The van der Waals surface area contributed by atoms with E-state index >= 15 is 0 Å². The van der Waals surface area contributed by atoms with E-state index in [4.69, 9.17) is 14.2 Å². The summed E-state index contributed by atoms with van der Waals surface area (Å²) >= 11 is 0. The molecule has 1 aliphatic heterocycles. The summed E-state index contributed by atoms with van der Waals surface area (Å²) in [5, 5.41) is 11.4. The third kappa shape index (κ3) is 6.22. The topological polar surface area (TPSA) is 98.2 Å². The fourth-order valence-corrected chi connectivity index (χ4v) is 4.51. The number of likely N-dealkylation sites (tertiary alicyclic amines) is 1. The molecule has 2 aromatic carbocycles. The van der Waals surface area contributed by atoms with E-state index in [-0.39, 0.29) is 17.9 Å². The predicted octanol–water partition coefficient (Wildman–Crippen LogP) is 5.68. The number of unbranched alkanes of at least 4 members (excludes halogenated alkanes) is 1. The van der Waals surface area contributed by atoms with E-state index < -0.39 is 17.7 Å². The lowest BCUT2D eigenvalue weighted by molar-refractivity contribution is -0.140. The van der Waals surface area contributed by atoms with E-state index in [9.17, 15) is 14.7 Å². The number of aliphatic hydroxyl groups is 1. The minimum Gasteiger partial charge on any atom is -0.507 e. The lowest BCUT2D eigenvalue weighted by atomic mass is 9.94. The number of ketones is 1. The first kappa shape index (κ1) is 27.7. The van der Waals surface area contributed by atoms with Crippen LogP contribution in [-0.4, -0.2) is 46.5 Å². The van der Waals surface area contributed by atoms with Crippen LogP contribution >= 0.6 is 0 Å². The van der Waals surface area contributed by atoms with Gasteiger partial charge in [0, 0.05) is 24.5 Å². The van der Waals surface area contributed by atoms with Gasteiger partial charge in [-0.05, 0) is 79.9 Å². The van der Waals surface area contributed by atoms with Crippen molar-refractivity contribution in [2.45, 2.75) is 46.2 Å². The van der Waals surface area contributed by atoms with Gasteiger partial charge in [-0.3, -0.25) is 14.6 Å². The Morgan fingerprint density at radius 3 is 2.28 bits per heavy atom. The molecule has 204 valence electrons. The highest BCUT2D eigenvalue weighted by Gasteiger charge is 2.46. The second-order valence-corrected chi connectivity index (χ2v) is 9.08. The summed E-state index contributed by atoms with van der Waals surface area (Å²) in [6.45, 7) is 7.48. The molecule has 1 amide bonds. The van der Waals surface area contributed by atoms with Crippen LogP contribution in [0.2, 0.25) is 0 Å². The molecule has 1 aliphatic rings. The van der Waals surface area contributed by atoms with Gasteiger partial charge < -0.3 is 24.2 Å². The van der Waals surface area contributed by atoms with E-state index in [1.807, 2.05) is 19.9 Å². The van der Waals surface area contributed by atoms with Gasteiger partial charge in [-0.15, -0.1) is 0 Å². The molecule has 1 unspecified atom stereocenters. The number of aromatic nitrogens is 1. The minimum atomic E-state index is -0.839. The van der Waals surface area contributed by atoms with Gasteiger partial charge in [-0.25, -0.2) is 0 Å². The van der Waals surface area contributed by atoms with Crippen LogP contribution in [0.25, 0.3) is 5.76 Å². The van der Waals surface area contributed by atoms with Gasteiger partial charge in [0.2, 0.25) is 0 Å². The lowest BCUT2D eigenvalue weighted by Gasteiger charge is -2.26. The van der Waals surface area contributed by atoms with Crippen molar-refractivity contribution in [3.63, 3.8) is 0 Å². The first-order valence-corrected chi connectivity index (χ1v) is 13.3. The van der Waals surface area contributed by atoms with Gasteiger partial charge in [-0.2, -0.15) is 0 Å². The van der Waals surface area contributed by atoms with Crippen molar-refractivity contribution < 1.29 is 28.9 Å². The maximum absolute atomic E-state index is 13.4. The molecule has 0 bridgehead atoms. The molecular weight excluding hydrogens is 496 g/mol. The third-order valence-electron chi connectivity index (χ3n) is 6.42. The number of carbonyl (C=O) groups excluding carboxylic acids is 2. The number of hydrogen-bond acceptors (Lipinski definition) is 7. The van der Waals surface area contributed by atoms with Crippen LogP contribution in [0, 0.1) is 0 Å². The number of amides is 1. The van der Waals surface area contributed by atoms with Crippen molar-refractivity contribution in [2.24, 2.45) is 0 Å².